The van der Waals surface area contributed by atoms with Gasteiger partial charge in [-0.15, -0.1) is 0 Å². The molecule has 0 radical (unpaired) electrons. The molecule has 0 saturated carbocycles. The Morgan fingerprint density at radius 2 is 1.89 bits per heavy atom. The number of nitrogens with zero attached hydrogens (tertiary/aromatic N) is 3. The molecule has 1 heterocycles. The van der Waals surface area contributed by atoms with Crippen molar-refractivity contribution in [2.45, 2.75) is 32.6 Å². The molecule has 0 aliphatic carbocycles. The molecule has 8 heteroatoms. The van der Waals surface area contributed by atoms with Crippen molar-refractivity contribution >= 4 is 16.0 Å². The van der Waals surface area contributed by atoms with Crippen molar-refractivity contribution in [1.29, 1.82) is 0 Å². The van der Waals surface area contributed by atoms with E-state index in [1.807, 2.05) is 0 Å². The lowest BCUT2D eigenvalue weighted by Crippen LogP contribution is -2.47. The summed E-state index contributed by atoms with van der Waals surface area (Å²) in [7, 11) is -3.51. The molecule has 1 aliphatic rings. The van der Waals surface area contributed by atoms with E-state index in [-0.39, 0.29) is 12.4 Å². The average Bonchev–Trinajstić information content (AvgIpc) is 2.64. The lowest BCUT2D eigenvalue weighted by molar-refractivity contribution is 0.313. The lowest BCUT2D eigenvalue weighted by atomic mass is 10.2. The van der Waals surface area contributed by atoms with Crippen LogP contribution in [0.1, 0.15) is 32.6 Å². The summed E-state index contributed by atoms with van der Waals surface area (Å²) in [6, 6.07) is 0. The monoisotopic (exact) mass is 278 g/mol. The third-order valence-corrected chi connectivity index (χ3v) is 5.09. The van der Waals surface area contributed by atoms with Crippen LogP contribution >= 0.6 is 0 Å². The first kappa shape index (κ1) is 15.2. The fraction of sp³-hybridized carbons (Fsp3) is 0.900. The van der Waals surface area contributed by atoms with Gasteiger partial charge in [0.2, 0.25) is 0 Å². The fourth-order valence-electron chi connectivity index (χ4n) is 2.00. The molecule has 0 bridgehead atoms. The molecular weight excluding hydrogens is 256 g/mol. The van der Waals surface area contributed by atoms with Gasteiger partial charge in [-0.1, -0.05) is 24.9 Å². The van der Waals surface area contributed by atoms with Crippen molar-refractivity contribution in [2.75, 3.05) is 26.2 Å². The van der Waals surface area contributed by atoms with Crippen LogP contribution in [0.2, 0.25) is 0 Å². The van der Waals surface area contributed by atoms with E-state index in [9.17, 15) is 8.42 Å². The summed E-state index contributed by atoms with van der Waals surface area (Å²) in [5, 5.41) is 11.4. The van der Waals surface area contributed by atoms with Gasteiger partial charge in [-0.3, -0.25) is 0 Å². The normalized spacial score (nSPS) is 20.0. The average molecular weight is 278 g/mol. The number of amidine groups is 1. The molecule has 0 spiro atoms. The predicted molar refractivity (Wildman–Crippen MR) is 69.6 cm³/mol. The lowest BCUT2D eigenvalue weighted by Gasteiger charge is -2.27. The highest BCUT2D eigenvalue weighted by molar-refractivity contribution is 7.86. The van der Waals surface area contributed by atoms with E-state index >= 15 is 0 Å². The maximum atomic E-state index is 12.4. The first-order chi connectivity index (χ1) is 8.52. The molecule has 1 aliphatic heterocycles. The maximum absolute atomic E-state index is 12.4. The van der Waals surface area contributed by atoms with E-state index in [0.29, 0.717) is 19.6 Å². The minimum atomic E-state index is -3.51. The minimum Gasteiger partial charge on any atom is -0.409 e. The van der Waals surface area contributed by atoms with Crippen molar-refractivity contribution in [3.63, 3.8) is 0 Å². The largest absolute Gasteiger partial charge is 0.409 e. The summed E-state index contributed by atoms with van der Waals surface area (Å²) < 4.78 is 27.5. The second kappa shape index (κ2) is 6.91. The summed E-state index contributed by atoms with van der Waals surface area (Å²) in [4.78, 5) is 0. The van der Waals surface area contributed by atoms with Crippen LogP contribution in [0.15, 0.2) is 5.16 Å². The Bertz CT molecular complexity index is 375. The Morgan fingerprint density at radius 1 is 1.33 bits per heavy atom. The Hall–Kier alpha value is -0.860. The molecule has 106 valence electrons. The maximum Gasteiger partial charge on any atom is 0.282 e. The summed E-state index contributed by atoms with van der Waals surface area (Å²) in [6.07, 6.45) is 3.91. The molecule has 0 aromatic rings. The van der Waals surface area contributed by atoms with Crippen molar-refractivity contribution in [3.8, 4) is 0 Å². The Labute approximate surface area is 108 Å². The molecular formula is C10H22N4O3S. The third-order valence-electron chi connectivity index (χ3n) is 3.04. The number of nitrogens with two attached hydrogens (primary N) is 1. The molecule has 0 amide bonds. The Balaban J connectivity index is 2.80. The second-order valence-electron chi connectivity index (χ2n) is 4.34. The Morgan fingerprint density at radius 3 is 2.33 bits per heavy atom. The number of oxime groups is 1. The number of likely N-dealkylation sites (N-methyl/N-ethyl adjacent to an activating group) is 1. The van der Waals surface area contributed by atoms with Gasteiger partial charge in [-0.2, -0.15) is 17.0 Å². The second-order valence-corrected chi connectivity index (χ2v) is 6.27. The van der Waals surface area contributed by atoms with Crippen molar-refractivity contribution in [1.82, 2.24) is 8.61 Å². The highest BCUT2D eigenvalue weighted by atomic mass is 32.2. The molecule has 0 unspecified atom stereocenters. The van der Waals surface area contributed by atoms with Gasteiger partial charge in [-0.05, 0) is 12.8 Å². The van der Waals surface area contributed by atoms with Crippen LogP contribution in [-0.2, 0) is 10.2 Å². The third kappa shape index (κ3) is 3.82. The fourth-order valence-corrected chi connectivity index (χ4v) is 3.67. The van der Waals surface area contributed by atoms with Crippen LogP contribution in [0, 0.1) is 0 Å². The van der Waals surface area contributed by atoms with Crippen LogP contribution in [-0.4, -0.2) is 54.3 Å². The molecule has 0 aromatic heterocycles. The van der Waals surface area contributed by atoms with Gasteiger partial charge < -0.3 is 10.9 Å². The molecule has 1 fully saturated rings. The topological polar surface area (TPSA) is 99.2 Å². The minimum absolute atomic E-state index is 0.0775. The molecule has 3 N–H and O–H groups in total. The van der Waals surface area contributed by atoms with Gasteiger partial charge in [0.15, 0.2) is 5.84 Å². The summed E-state index contributed by atoms with van der Waals surface area (Å²) in [5.74, 6) is -0.102. The molecule has 0 atom stereocenters. The number of hydrogen-bond acceptors (Lipinski definition) is 4. The van der Waals surface area contributed by atoms with Crippen molar-refractivity contribution in [3.05, 3.63) is 0 Å². The van der Waals surface area contributed by atoms with Crippen LogP contribution < -0.4 is 5.73 Å². The van der Waals surface area contributed by atoms with E-state index in [4.69, 9.17) is 10.9 Å². The van der Waals surface area contributed by atoms with Crippen LogP contribution in [0.25, 0.3) is 0 Å². The van der Waals surface area contributed by atoms with Gasteiger partial charge in [0.1, 0.15) is 0 Å². The van der Waals surface area contributed by atoms with Crippen molar-refractivity contribution < 1.29 is 13.6 Å². The van der Waals surface area contributed by atoms with Crippen LogP contribution in [0.5, 0.6) is 0 Å². The SMILES string of the molecule is CCN(CC(N)=NO)S(=O)(=O)N1CCCCCC1. The molecule has 18 heavy (non-hydrogen) atoms. The summed E-state index contributed by atoms with van der Waals surface area (Å²) >= 11 is 0. The predicted octanol–water partition coefficient (Wildman–Crippen LogP) is 0.176. The molecule has 1 saturated heterocycles. The summed E-state index contributed by atoms with van der Waals surface area (Å²) in [5.41, 5.74) is 5.38. The van der Waals surface area contributed by atoms with E-state index in [0.717, 1.165) is 25.7 Å². The number of rotatable bonds is 5. The smallest absolute Gasteiger partial charge is 0.282 e. The highest BCUT2D eigenvalue weighted by Gasteiger charge is 2.29. The highest BCUT2D eigenvalue weighted by Crippen LogP contribution is 2.16. The van der Waals surface area contributed by atoms with Gasteiger partial charge in [0, 0.05) is 19.6 Å². The molecule has 0 aromatic carbocycles. The quantitative estimate of drug-likeness (QED) is 0.324. The van der Waals surface area contributed by atoms with Crippen molar-refractivity contribution in [2.24, 2.45) is 10.9 Å². The van der Waals surface area contributed by atoms with Crippen LogP contribution in [0.4, 0.5) is 0 Å². The first-order valence-electron chi connectivity index (χ1n) is 6.24. The Kier molecular flexibility index (Phi) is 5.83. The van der Waals surface area contributed by atoms with Gasteiger partial charge in [0.25, 0.3) is 10.2 Å². The van der Waals surface area contributed by atoms with Gasteiger partial charge >= 0.3 is 0 Å². The van der Waals surface area contributed by atoms with Gasteiger partial charge in [-0.25, -0.2) is 0 Å². The van der Waals surface area contributed by atoms with E-state index in [1.54, 1.807) is 6.92 Å². The van der Waals surface area contributed by atoms with E-state index in [1.165, 1.54) is 8.61 Å². The summed E-state index contributed by atoms with van der Waals surface area (Å²) in [6.45, 7) is 3.06. The zero-order valence-electron chi connectivity index (χ0n) is 10.7. The molecule has 1 rings (SSSR count). The van der Waals surface area contributed by atoms with E-state index < -0.39 is 10.2 Å². The van der Waals surface area contributed by atoms with Gasteiger partial charge in [0.05, 0.1) is 6.54 Å². The zero-order valence-corrected chi connectivity index (χ0v) is 11.6. The van der Waals surface area contributed by atoms with Crippen LogP contribution in [0.3, 0.4) is 0 Å². The zero-order chi connectivity index (χ0) is 13.6. The molecule has 7 nitrogen and oxygen atoms in total. The number of hydrogen-bond donors (Lipinski definition) is 2. The standard InChI is InChI=1S/C10H22N4O3S/c1-2-13(9-10(11)12-15)18(16,17)14-7-5-3-4-6-8-14/h15H,2-9H2,1H3,(H2,11,12). The first-order valence-corrected chi connectivity index (χ1v) is 7.63. The van der Waals surface area contributed by atoms with E-state index in [2.05, 4.69) is 5.16 Å².